The maximum absolute atomic E-state index is 12.4. The van der Waals surface area contributed by atoms with Gasteiger partial charge in [0.15, 0.2) is 17.8 Å². The Morgan fingerprint density at radius 1 is 1.62 bits per heavy atom. The fraction of sp³-hybridized carbons (Fsp3) is 0.429. The monoisotopic (exact) mass is 310 g/mol. The normalized spacial score (nSPS) is 13.9. The maximum atomic E-state index is 12.4. The number of thiophene rings is 1. The molecule has 1 amide bonds. The van der Waals surface area contributed by atoms with E-state index in [2.05, 4.69) is 10.3 Å². The second-order valence-electron chi connectivity index (χ2n) is 4.93. The molecule has 2 heterocycles. The largest absolute Gasteiger partial charge is 0.442 e. The number of hydrogen-bond acceptors (Lipinski definition) is 6. The zero-order chi connectivity index (χ0) is 15.3. The lowest BCUT2D eigenvalue weighted by atomic mass is 9.99. The van der Waals surface area contributed by atoms with E-state index in [4.69, 9.17) is 14.3 Å². The average Bonchev–Trinajstić information content (AvgIpc) is 3.10. The van der Waals surface area contributed by atoms with Crippen LogP contribution in [0.2, 0.25) is 0 Å². The van der Waals surface area contributed by atoms with E-state index < -0.39 is 5.54 Å². The van der Waals surface area contributed by atoms with Crippen molar-refractivity contribution < 1.29 is 19.1 Å². The Kier molecular flexibility index (Phi) is 5.11. The Morgan fingerprint density at radius 2 is 2.43 bits per heavy atom. The Morgan fingerprint density at radius 3 is 3.05 bits per heavy atom. The molecule has 0 bridgehead atoms. The van der Waals surface area contributed by atoms with Gasteiger partial charge in [-0.05, 0) is 24.8 Å². The number of aliphatic hydroxyl groups excluding tert-OH is 1. The predicted molar refractivity (Wildman–Crippen MR) is 79.3 cm³/mol. The second kappa shape index (κ2) is 6.84. The highest BCUT2D eigenvalue weighted by Crippen LogP contribution is 2.27. The molecule has 1 unspecified atom stereocenters. The molecule has 0 spiro atoms. The van der Waals surface area contributed by atoms with Crippen LogP contribution in [0.25, 0.3) is 10.6 Å². The molecule has 0 saturated carbocycles. The number of aliphatic hydroxyl groups is 1. The van der Waals surface area contributed by atoms with Gasteiger partial charge in [-0.15, -0.1) is 11.3 Å². The molecule has 0 aliphatic heterocycles. The summed E-state index contributed by atoms with van der Waals surface area (Å²) in [4.78, 5) is 17.3. The van der Waals surface area contributed by atoms with Gasteiger partial charge in [0, 0.05) is 13.7 Å². The van der Waals surface area contributed by atoms with Crippen molar-refractivity contribution in [2.24, 2.45) is 0 Å². The molecule has 0 aromatic carbocycles. The first-order chi connectivity index (χ1) is 10.1. The summed E-state index contributed by atoms with van der Waals surface area (Å²) in [5.41, 5.74) is -0.426. The van der Waals surface area contributed by atoms with Gasteiger partial charge in [0.05, 0.1) is 17.0 Å². The molecule has 21 heavy (non-hydrogen) atoms. The average molecular weight is 310 g/mol. The third kappa shape index (κ3) is 3.69. The Labute approximate surface area is 126 Å². The number of ether oxygens (including phenoxy) is 1. The fourth-order valence-corrected chi connectivity index (χ4v) is 2.77. The van der Waals surface area contributed by atoms with Crippen molar-refractivity contribution in [1.29, 1.82) is 0 Å². The summed E-state index contributed by atoms with van der Waals surface area (Å²) in [7, 11) is 1.55. The molecule has 0 aliphatic carbocycles. The number of rotatable bonds is 7. The van der Waals surface area contributed by atoms with Gasteiger partial charge >= 0.3 is 0 Å². The van der Waals surface area contributed by atoms with E-state index in [1.165, 1.54) is 17.7 Å². The molecular weight excluding hydrogens is 292 g/mol. The number of nitrogens with zero attached hydrogens (tertiary/aromatic N) is 1. The van der Waals surface area contributed by atoms with E-state index >= 15 is 0 Å². The van der Waals surface area contributed by atoms with Crippen molar-refractivity contribution in [2.75, 3.05) is 20.3 Å². The third-order valence-electron chi connectivity index (χ3n) is 3.07. The van der Waals surface area contributed by atoms with Gasteiger partial charge in [-0.2, -0.15) is 0 Å². The highest BCUT2D eigenvalue weighted by Gasteiger charge is 2.29. The van der Waals surface area contributed by atoms with Crippen LogP contribution >= 0.6 is 11.3 Å². The summed E-state index contributed by atoms with van der Waals surface area (Å²) in [5, 5.41) is 13.9. The number of hydrogen-bond donors (Lipinski definition) is 2. The van der Waals surface area contributed by atoms with E-state index in [1.54, 1.807) is 7.11 Å². The molecule has 0 saturated heterocycles. The SMILES string of the molecule is COCC(C)(CCO)NC(=O)c1ncoc1-c1cccs1. The first-order valence-electron chi connectivity index (χ1n) is 6.49. The Hall–Kier alpha value is -1.70. The minimum atomic E-state index is -0.660. The molecule has 0 aliphatic rings. The first kappa shape index (κ1) is 15.7. The van der Waals surface area contributed by atoms with Crippen LogP contribution in [0, 0.1) is 0 Å². The molecule has 114 valence electrons. The number of carbonyl (C=O) groups is 1. The van der Waals surface area contributed by atoms with Crippen LogP contribution in [-0.2, 0) is 4.74 Å². The Bertz CT molecular complexity index is 574. The van der Waals surface area contributed by atoms with Gasteiger partial charge in [0.1, 0.15) is 0 Å². The Balaban J connectivity index is 2.19. The summed E-state index contributed by atoms with van der Waals surface area (Å²) < 4.78 is 10.4. The summed E-state index contributed by atoms with van der Waals surface area (Å²) in [6.45, 7) is 2.07. The number of methoxy groups -OCH3 is 1. The van der Waals surface area contributed by atoms with Crippen molar-refractivity contribution in [1.82, 2.24) is 10.3 Å². The van der Waals surface area contributed by atoms with Gasteiger partial charge in [-0.1, -0.05) is 6.07 Å². The van der Waals surface area contributed by atoms with Crippen LogP contribution in [0.4, 0.5) is 0 Å². The zero-order valence-corrected chi connectivity index (χ0v) is 12.8. The summed E-state index contributed by atoms with van der Waals surface area (Å²) in [6.07, 6.45) is 1.64. The van der Waals surface area contributed by atoms with E-state index in [9.17, 15) is 4.79 Å². The molecule has 7 heteroatoms. The second-order valence-corrected chi connectivity index (χ2v) is 5.88. The van der Waals surface area contributed by atoms with Crippen LogP contribution in [0.3, 0.4) is 0 Å². The fourth-order valence-electron chi connectivity index (χ4n) is 2.06. The zero-order valence-electron chi connectivity index (χ0n) is 12.0. The first-order valence-corrected chi connectivity index (χ1v) is 7.37. The van der Waals surface area contributed by atoms with E-state index in [0.717, 1.165) is 4.88 Å². The number of nitrogens with one attached hydrogen (secondary N) is 1. The maximum Gasteiger partial charge on any atom is 0.274 e. The van der Waals surface area contributed by atoms with Crippen LogP contribution < -0.4 is 5.32 Å². The molecule has 2 rings (SSSR count). The van der Waals surface area contributed by atoms with E-state index in [1.807, 2.05) is 24.4 Å². The van der Waals surface area contributed by atoms with E-state index in [0.29, 0.717) is 18.8 Å². The minimum Gasteiger partial charge on any atom is -0.442 e. The molecule has 1 atom stereocenters. The smallest absolute Gasteiger partial charge is 0.274 e. The topological polar surface area (TPSA) is 84.6 Å². The molecule has 2 aromatic rings. The molecule has 0 fully saturated rings. The number of amides is 1. The third-order valence-corrected chi connectivity index (χ3v) is 3.94. The van der Waals surface area contributed by atoms with Crippen LogP contribution in [-0.4, -0.2) is 41.9 Å². The summed E-state index contributed by atoms with van der Waals surface area (Å²) in [6, 6.07) is 3.75. The van der Waals surface area contributed by atoms with Gasteiger partial charge in [-0.3, -0.25) is 4.79 Å². The lowest BCUT2D eigenvalue weighted by Gasteiger charge is -2.29. The molecule has 0 radical (unpaired) electrons. The minimum absolute atomic E-state index is 0.0449. The number of aromatic nitrogens is 1. The van der Waals surface area contributed by atoms with Crippen molar-refractivity contribution in [3.05, 3.63) is 29.6 Å². The number of oxazole rings is 1. The highest BCUT2D eigenvalue weighted by atomic mass is 32.1. The van der Waals surface area contributed by atoms with Crippen molar-refractivity contribution in [3.8, 4) is 10.6 Å². The predicted octanol–water partition coefficient (Wildman–Crippen LogP) is 1.92. The van der Waals surface area contributed by atoms with Gasteiger partial charge < -0.3 is 19.6 Å². The lowest BCUT2D eigenvalue weighted by Crippen LogP contribution is -2.50. The van der Waals surface area contributed by atoms with Crippen LogP contribution in [0.15, 0.2) is 28.3 Å². The van der Waals surface area contributed by atoms with Crippen LogP contribution in [0.5, 0.6) is 0 Å². The number of carbonyl (C=O) groups excluding carboxylic acids is 1. The molecule has 2 N–H and O–H groups in total. The quantitative estimate of drug-likeness (QED) is 0.816. The van der Waals surface area contributed by atoms with Gasteiger partial charge in [-0.25, -0.2) is 4.98 Å². The van der Waals surface area contributed by atoms with Crippen molar-refractivity contribution in [3.63, 3.8) is 0 Å². The lowest BCUT2D eigenvalue weighted by molar-refractivity contribution is 0.0722. The summed E-state index contributed by atoms with van der Waals surface area (Å²) >= 11 is 1.47. The van der Waals surface area contributed by atoms with Gasteiger partial charge in [0.25, 0.3) is 5.91 Å². The van der Waals surface area contributed by atoms with Crippen molar-refractivity contribution in [2.45, 2.75) is 18.9 Å². The summed E-state index contributed by atoms with van der Waals surface area (Å²) in [5.74, 6) is 0.103. The van der Waals surface area contributed by atoms with Crippen molar-refractivity contribution >= 4 is 17.2 Å². The van der Waals surface area contributed by atoms with Gasteiger partial charge in [0.2, 0.25) is 0 Å². The molecule has 6 nitrogen and oxygen atoms in total. The van der Waals surface area contributed by atoms with E-state index in [-0.39, 0.29) is 18.2 Å². The standard InChI is InChI=1S/C14H18N2O4S/c1-14(5-6-17,8-19-2)16-13(18)11-12(20-9-15-11)10-4-3-7-21-10/h3-4,7,9,17H,5-6,8H2,1-2H3,(H,16,18). The molecular formula is C14H18N2O4S. The molecule has 2 aromatic heterocycles. The highest BCUT2D eigenvalue weighted by molar-refractivity contribution is 7.13. The van der Waals surface area contributed by atoms with Crippen LogP contribution in [0.1, 0.15) is 23.8 Å².